The zero-order valence-corrected chi connectivity index (χ0v) is 16.5. The van der Waals surface area contributed by atoms with Gasteiger partial charge in [-0.1, -0.05) is 18.2 Å². The maximum Gasteiger partial charge on any atom is 0.416 e. The lowest BCUT2D eigenvalue weighted by Gasteiger charge is -2.20. The van der Waals surface area contributed by atoms with Crippen LogP contribution in [0.5, 0.6) is 0 Å². The van der Waals surface area contributed by atoms with Crippen molar-refractivity contribution in [1.29, 1.82) is 0 Å². The minimum atomic E-state index is -4.51. The summed E-state index contributed by atoms with van der Waals surface area (Å²) >= 11 is 0. The highest BCUT2D eigenvalue weighted by atomic mass is 19.4. The molecule has 1 aliphatic heterocycles. The van der Waals surface area contributed by atoms with Gasteiger partial charge in [-0.05, 0) is 49.7 Å². The first kappa shape index (κ1) is 21.8. The number of carbonyl (C=O) groups excluding carboxylic acids is 2. The summed E-state index contributed by atoms with van der Waals surface area (Å²) in [5.74, 6) is -2.48. The number of nitrogens with zero attached hydrogens (tertiary/aromatic N) is 1. The Bertz CT molecular complexity index is 925. The summed E-state index contributed by atoms with van der Waals surface area (Å²) in [6.07, 6.45) is -4.51. The van der Waals surface area contributed by atoms with Crippen LogP contribution >= 0.6 is 0 Å². The molecule has 0 bridgehead atoms. The second kappa shape index (κ2) is 8.45. The minimum Gasteiger partial charge on any atom is -0.354 e. The van der Waals surface area contributed by atoms with Gasteiger partial charge in [0.2, 0.25) is 5.91 Å². The van der Waals surface area contributed by atoms with E-state index in [2.05, 4.69) is 5.32 Å². The lowest BCUT2D eigenvalue weighted by atomic mass is 9.87. The van der Waals surface area contributed by atoms with Crippen LogP contribution in [-0.2, 0) is 11.0 Å². The van der Waals surface area contributed by atoms with E-state index in [1.807, 2.05) is 0 Å². The van der Waals surface area contributed by atoms with Crippen LogP contribution in [0, 0.1) is 11.7 Å². The first-order valence-electron chi connectivity index (χ1n) is 9.58. The fourth-order valence-corrected chi connectivity index (χ4v) is 3.69. The molecule has 1 saturated heterocycles. The molecule has 0 aromatic heterocycles. The Labute approximate surface area is 171 Å². The van der Waals surface area contributed by atoms with Crippen molar-refractivity contribution in [1.82, 2.24) is 10.2 Å². The van der Waals surface area contributed by atoms with Gasteiger partial charge >= 0.3 is 6.18 Å². The number of amides is 2. The van der Waals surface area contributed by atoms with Gasteiger partial charge in [-0.2, -0.15) is 13.2 Å². The molecule has 1 N–H and O–H groups in total. The fraction of sp³-hybridized carbons (Fsp3) is 0.364. The summed E-state index contributed by atoms with van der Waals surface area (Å²) in [7, 11) is 0. The van der Waals surface area contributed by atoms with Crippen LogP contribution in [-0.4, -0.2) is 35.8 Å². The van der Waals surface area contributed by atoms with Gasteiger partial charge in [-0.15, -0.1) is 0 Å². The molecule has 4 nitrogen and oxygen atoms in total. The highest BCUT2D eigenvalue weighted by Gasteiger charge is 2.41. The van der Waals surface area contributed by atoms with Crippen molar-refractivity contribution in [3.63, 3.8) is 0 Å². The number of halogens is 4. The third-order valence-electron chi connectivity index (χ3n) is 5.11. The number of nitrogens with one attached hydrogen (secondary N) is 1. The molecular formula is C22H22F4N2O2. The monoisotopic (exact) mass is 422 g/mol. The normalized spacial score (nSPS) is 19.2. The maximum absolute atomic E-state index is 13.2. The van der Waals surface area contributed by atoms with E-state index in [9.17, 15) is 27.2 Å². The van der Waals surface area contributed by atoms with Crippen LogP contribution in [0.25, 0.3) is 0 Å². The number of hydrogen-bond acceptors (Lipinski definition) is 2. The van der Waals surface area contributed by atoms with Crippen molar-refractivity contribution in [2.24, 2.45) is 5.92 Å². The molecule has 1 heterocycles. The number of hydrogen-bond donors (Lipinski definition) is 1. The van der Waals surface area contributed by atoms with Crippen LogP contribution in [0.1, 0.15) is 41.3 Å². The third kappa shape index (κ3) is 4.80. The van der Waals surface area contributed by atoms with Crippen molar-refractivity contribution >= 4 is 11.8 Å². The predicted octanol–water partition coefficient (Wildman–Crippen LogP) is 4.22. The van der Waals surface area contributed by atoms with Gasteiger partial charge in [0.05, 0.1) is 11.5 Å². The number of alkyl halides is 3. The summed E-state index contributed by atoms with van der Waals surface area (Å²) in [4.78, 5) is 27.0. The minimum absolute atomic E-state index is 0.0652. The summed E-state index contributed by atoms with van der Waals surface area (Å²) in [6, 6.07) is 9.72. The van der Waals surface area contributed by atoms with Gasteiger partial charge in [0.25, 0.3) is 5.91 Å². The summed E-state index contributed by atoms with van der Waals surface area (Å²) in [5.41, 5.74) is -0.196. The number of rotatable bonds is 4. The quantitative estimate of drug-likeness (QED) is 0.750. The number of likely N-dealkylation sites (tertiary alicyclic amines) is 1. The van der Waals surface area contributed by atoms with E-state index in [-0.39, 0.29) is 30.6 Å². The van der Waals surface area contributed by atoms with Gasteiger partial charge in [-0.25, -0.2) is 4.39 Å². The summed E-state index contributed by atoms with van der Waals surface area (Å²) in [6.45, 7) is 3.73. The largest absolute Gasteiger partial charge is 0.416 e. The van der Waals surface area contributed by atoms with E-state index in [4.69, 9.17) is 0 Å². The van der Waals surface area contributed by atoms with Gasteiger partial charge < -0.3 is 10.2 Å². The van der Waals surface area contributed by atoms with Crippen LogP contribution in [0.4, 0.5) is 17.6 Å². The van der Waals surface area contributed by atoms with Crippen molar-refractivity contribution in [2.75, 3.05) is 13.1 Å². The topological polar surface area (TPSA) is 49.4 Å². The average molecular weight is 422 g/mol. The molecule has 0 radical (unpaired) electrons. The molecule has 2 unspecified atom stereocenters. The third-order valence-corrected chi connectivity index (χ3v) is 5.11. The molecular weight excluding hydrogens is 400 g/mol. The highest BCUT2D eigenvalue weighted by Crippen LogP contribution is 2.37. The van der Waals surface area contributed by atoms with E-state index < -0.39 is 35.3 Å². The first-order valence-corrected chi connectivity index (χ1v) is 9.58. The second-order valence-corrected chi connectivity index (χ2v) is 7.72. The SMILES string of the molecule is CC(C)NC(=O)C1CN(C(=O)c2ccc(F)cc2)CC1c1cccc(C(F)(F)F)c1. The molecule has 1 aliphatic rings. The average Bonchev–Trinajstić information content (AvgIpc) is 3.12. The zero-order valence-electron chi connectivity index (χ0n) is 16.5. The number of carbonyl (C=O) groups is 2. The Morgan fingerprint density at radius 2 is 1.73 bits per heavy atom. The van der Waals surface area contributed by atoms with E-state index in [1.54, 1.807) is 19.9 Å². The Hall–Kier alpha value is -2.90. The summed E-state index contributed by atoms with van der Waals surface area (Å²) in [5, 5.41) is 2.79. The van der Waals surface area contributed by atoms with E-state index in [0.717, 1.165) is 24.3 Å². The smallest absolute Gasteiger partial charge is 0.354 e. The van der Waals surface area contributed by atoms with Crippen LogP contribution in [0.3, 0.4) is 0 Å². The van der Waals surface area contributed by atoms with Crippen LogP contribution in [0.15, 0.2) is 48.5 Å². The van der Waals surface area contributed by atoms with Crippen molar-refractivity contribution in [3.8, 4) is 0 Å². The molecule has 0 aliphatic carbocycles. The van der Waals surface area contributed by atoms with Gasteiger partial charge in [0, 0.05) is 30.6 Å². The van der Waals surface area contributed by atoms with Crippen molar-refractivity contribution in [3.05, 3.63) is 71.0 Å². The molecule has 0 spiro atoms. The highest BCUT2D eigenvalue weighted by molar-refractivity contribution is 5.95. The molecule has 30 heavy (non-hydrogen) atoms. The lowest BCUT2D eigenvalue weighted by Crippen LogP contribution is -2.39. The Morgan fingerprint density at radius 3 is 2.33 bits per heavy atom. The van der Waals surface area contributed by atoms with Crippen LogP contribution in [0.2, 0.25) is 0 Å². The molecule has 3 rings (SSSR count). The Balaban J connectivity index is 1.92. The van der Waals surface area contributed by atoms with Gasteiger partial charge in [-0.3, -0.25) is 9.59 Å². The molecule has 2 amide bonds. The molecule has 2 aromatic rings. The fourth-order valence-electron chi connectivity index (χ4n) is 3.69. The predicted molar refractivity (Wildman–Crippen MR) is 103 cm³/mol. The summed E-state index contributed by atoms with van der Waals surface area (Å²) < 4.78 is 52.7. The van der Waals surface area contributed by atoms with Crippen molar-refractivity contribution < 1.29 is 27.2 Å². The first-order chi connectivity index (χ1) is 14.1. The Morgan fingerprint density at radius 1 is 1.07 bits per heavy atom. The second-order valence-electron chi connectivity index (χ2n) is 7.72. The molecule has 160 valence electrons. The molecule has 8 heteroatoms. The van der Waals surface area contributed by atoms with Gasteiger partial charge in [0.1, 0.15) is 5.82 Å². The van der Waals surface area contributed by atoms with Gasteiger partial charge in [0.15, 0.2) is 0 Å². The number of benzene rings is 2. The maximum atomic E-state index is 13.2. The Kier molecular flexibility index (Phi) is 6.14. The standard InChI is InChI=1S/C22H22F4N2O2/c1-13(2)27-20(29)19-12-28(21(30)14-6-8-17(23)9-7-14)11-18(19)15-4-3-5-16(10-15)22(24,25)26/h3-10,13,18-19H,11-12H2,1-2H3,(H,27,29). The van der Waals surface area contributed by atoms with E-state index in [1.165, 1.54) is 23.1 Å². The molecule has 0 saturated carbocycles. The lowest BCUT2D eigenvalue weighted by molar-refractivity contribution is -0.137. The van der Waals surface area contributed by atoms with E-state index >= 15 is 0 Å². The van der Waals surface area contributed by atoms with Crippen molar-refractivity contribution in [2.45, 2.75) is 32.0 Å². The van der Waals surface area contributed by atoms with Crippen LogP contribution < -0.4 is 5.32 Å². The molecule has 1 fully saturated rings. The molecule has 2 aromatic carbocycles. The molecule has 2 atom stereocenters. The zero-order chi connectivity index (χ0) is 22.1. The van der Waals surface area contributed by atoms with E-state index in [0.29, 0.717) is 5.56 Å².